The van der Waals surface area contributed by atoms with E-state index in [1.807, 2.05) is 6.07 Å². The van der Waals surface area contributed by atoms with Crippen LogP contribution < -0.4 is 4.74 Å². The van der Waals surface area contributed by atoms with Gasteiger partial charge >= 0.3 is 5.97 Å². The van der Waals surface area contributed by atoms with Crippen molar-refractivity contribution in [3.63, 3.8) is 0 Å². The molecule has 1 aromatic rings. The van der Waals surface area contributed by atoms with E-state index in [2.05, 4.69) is 0 Å². The molecule has 0 aromatic heterocycles. The summed E-state index contributed by atoms with van der Waals surface area (Å²) in [5.41, 5.74) is -1.04. The Labute approximate surface area is 128 Å². The van der Waals surface area contributed by atoms with Crippen LogP contribution in [0.4, 0.5) is 0 Å². The largest absolute Gasteiger partial charge is 0.484 e. The molecule has 112 valence electrons. The van der Waals surface area contributed by atoms with Gasteiger partial charge in [-0.15, -0.1) is 0 Å². The monoisotopic (exact) mass is 309 g/mol. The highest BCUT2D eigenvalue weighted by Crippen LogP contribution is 2.24. The smallest absolute Gasteiger partial charge is 0.319 e. The van der Waals surface area contributed by atoms with E-state index >= 15 is 0 Å². The van der Waals surface area contributed by atoms with Crippen LogP contribution >= 0.6 is 11.6 Å². The predicted molar refractivity (Wildman–Crippen MR) is 77.1 cm³/mol. The van der Waals surface area contributed by atoms with Crippen molar-refractivity contribution in [1.29, 1.82) is 5.26 Å². The number of hydrogen-bond acceptors (Lipinski definition) is 5. The number of hydrogen-bond donors (Lipinski definition) is 0. The van der Waals surface area contributed by atoms with Crippen molar-refractivity contribution in [2.75, 3.05) is 13.2 Å². The first-order chi connectivity index (χ1) is 9.82. The highest BCUT2D eigenvalue weighted by atomic mass is 35.5. The third-order valence-corrected chi connectivity index (χ3v) is 3.14. The van der Waals surface area contributed by atoms with Crippen LogP contribution in [0.2, 0.25) is 5.02 Å². The number of ketones is 1. The number of nitrogens with zero attached hydrogens (tertiary/aromatic N) is 1. The van der Waals surface area contributed by atoms with Crippen LogP contribution in [-0.4, -0.2) is 25.0 Å². The van der Waals surface area contributed by atoms with E-state index in [-0.39, 0.29) is 24.5 Å². The molecular formula is C15H16ClNO4. The average Bonchev–Trinajstić information content (AvgIpc) is 2.45. The summed E-state index contributed by atoms with van der Waals surface area (Å²) in [5.74, 6) is -0.840. The second kappa shape index (κ2) is 7.09. The molecule has 1 aromatic carbocycles. The van der Waals surface area contributed by atoms with E-state index in [4.69, 9.17) is 26.3 Å². The molecule has 0 N–H and O–H groups in total. The lowest BCUT2D eigenvalue weighted by atomic mass is 9.88. The Morgan fingerprint density at radius 3 is 2.62 bits per heavy atom. The van der Waals surface area contributed by atoms with Crippen LogP contribution in [0.5, 0.6) is 5.75 Å². The van der Waals surface area contributed by atoms with Gasteiger partial charge in [0.2, 0.25) is 0 Å². The molecule has 5 nitrogen and oxygen atoms in total. The molecule has 0 atom stereocenters. The van der Waals surface area contributed by atoms with E-state index in [9.17, 15) is 9.59 Å². The number of carbonyl (C=O) groups excluding carboxylic acids is 2. The standard InChI is InChI=1S/C15H16ClNO4/c1-4-20-14(19)15(2,3)13(18)9-21-12-7-11(16)6-5-10(12)8-17/h5-7H,4,9H2,1-3H3. The molecule has 0 saturated carbocycles. The average molecular weight is 310 g/mol. The maximum Gasteiger partial charge on any atom is 0.319 e. The minimum absolute atomic E-state index is 0.198. The van der Waals surface area contributed by atoms with Gasteiger partial charge in [0, 0.05) is 11.1 Å². The fourth-order valence-corrected chi connectivity index (χ4v) is 1.62. The van der Waals surface area contributed by atoms with Gasteiger partial charge in [-0.25, -0.2) is 0 Å². The lowest BCUT2D eigenvalue weighted by molar-refractivity contribution is -0.158. The third kappa shape index (κ3) is 4.20. The molecule has 0 saturated heterocycles. The zero-order valence-electron chi connectivity index (χ0n) is 12.1. The Morgan fingerprint density at radius 1 is 1.38 bits per heavy atom. The minimum atomic E-state index is -1.30. The number of esters is 1. The lowest BCUT2D eigenvalue weighted by Gasteiger charge is -2.20. The Balaban J connectivity index is 2.80. The lowest BCUT2D eigenvalue weighted by Crippen LogP contribution is -2.38. The number of rotatable bonds is 6. The summed E-state index contributed by atoms with van der Waals surface area (Å²) in [6.45, 7) is 4.46. The highest BCUT2D eigenvalue weighted by molar-refractivity contribution is 6.30. The fourth-order valence-electron chi connectivity index (χ4n) is 1.46. The summed E-state index contributed by atoms with van der Waals surface area (Å²) in [6.07, 6.45) is 0. The van der Waals surface area contributed by atoms with E-state index in [0.29, 0.717) is 5.02 Å². The first-order valence-electron chi connectivity index (χ1n) is 6.36. The summed E-state index contributed by atoms with van der Waals surface area (Å²) in [5, 5.41) is 9.35. The summed E-state index contributed by atoms with van der Waals surface area (Å²) < 4.78 is 10.2. The van der Waals surface area contributed by atoms with Gasteiger partial charge < -0.3 is 9.47 Å². The second-order valence-electron chi connectivity index (χ2n) is 4.81. The molecule has 0 bridgehead atoms. The zero-order valence-corrected chi connectivity index (χ0v) is 12.9. The fraction of sp³-hybridized carbons (Fsp3) is 0.400. The van der Waals surface area contributed by atoms with Crippen LogP contribution in [0, 0.1) is 16.7 Å². The molecule has 0 unspecified atom stereocenters. The number of Topliss-reactive ketones (excluding diaryl/α,β-unsaturated/α-hetero) is 1. The van der Waals surface area contributed by atoms with Crippen LogP contribution in [0.3, 0.4) is 0 Å². The SMILES string of the molecule is CCOC(=O)C(C)(C)C(=O)COc1cc(Cl)ccc1C#N. The Bertz CT molecular complexity index is 590. The zero-order chi connectivity index (χ0) is 16.0. The van der Waals surface area contributed by atoms with Gasteiger partial charge in [0.25, 0.3) is 0 Å². The van der Waals surface area contributed by atoms with E-state index in [0.717, 1.165) is 0 Å². The van der Waals surface area contributed by atoms with E-state index < -0.39 is 17.2 Å². The Morgan fingerprint density at radius 2 is 2.05 bits per heavy atom. The van der Waals surface area contributed by atoms with Crippen LogP contribution in [0.25, 0.3) is 0 Å². The number of benzene rings is 1. The summed E-state index contributed by atoms with van der Waals surface area (Å²) in [6, 6.07) is 6.44. The van der Waals surface area contributed by atoms with Crippen LogP contribution in [-0.2, 0) is 14.3 Å². The van der Waals surface area contributed by atoms with Crippen molar-refractivity contribution in [3.05, 3.63) is 28.8 Å². The van der Waals surface area contributed by atoms with Crippen molar-refractivity contribution < 1.29 is 19.1 Å². The van der Waals surface area contributed by atoms with Crippen molar-refractivity contribution in [3.8, 4) is 11.8 Å². The van der Waals surface area contributed by atoms with Gasteiger partial charge in [0.1, 0.15) is 23.8 Å². The molecule has 0 aliphatic rings. The maximum absolute atomic E-state index is 12.1. The Hall–Kier alpha value is -2.06. The van der Waals surface area contributed by atoms with Crippen LogP contribution in [0.1, 0.15) is 26.3 Å². The van der Waals surface area contributed by atoms with E-state index in [1.165, 1.54) is 26.0 Å². The normalized spacial score (nSPS) is 10.6. The molecule has 0 aliphatic heterocycles. The molecular weight excluding hydrogens is 294 g/mol. The summed E-state index contributed by atoms with van der Waals surface area (Å²) >= 11 is 5.82. The maximum atomic E-state index is 12.1. The van der Waals surface area contributed by atoms with Crippen molar-refractivity contribution >= 4 is 23.4 Å². The number of nitriles is 1. The van der Waals surface area contributed by atoms with Gasteiger partial charge in [-0.3, -0.25) is 9.59 Å². The highest BCUT2D eigenvalue weighted by Gasteiger charge is 2.37. The number of ether oxygens (including phenoxy) is 2. The van der Waals surface area contributed by atoms with Gasteiger partial charge in [0.15, 0.2) is 5.78 Å². The van der Waals surface area contributed by atoms with Crippen molar-refractivity contribution in [2.45, 2.75) is 20.8 Å². The quantitative estimate of drug-likeness (QED) is 0.596. The summed E-state index contributed by atoms with van der Waals surface area (Å²) in [7, 11) is 0. The molecule has 1 rings (SSSR count). The van der Waals surface area contributed by atoms with Crippen molar-refractivity contribution in [1.82, 2.24) is 0 Å². The Kier molecular flexibility index (Phi) is 5.74. The van der Waals surface area contributed by atoms with Gasteiger partial charge in [-0.1, -0.05) is 11.6 Å². The number of halogens is 1. The van der Waals surface area contributed by atoms with Crippen LogP contribution in [0.15, 0.2) is 18.2 Å². The van der Waals surface area contributed by atoms with Crippen molar-refractivity contribution in [2.24, 2.45) is 5.41 Å². The molecule has 0 aliphatic carbocycles. The first-order valence-corrected chi connectivity index (χ1v) is 6.73. The molecule has 0 fully saturated rings. The second-order valence-corrected chi connectivity index (χ2v) is 5.25. The topological polar surface area (TPSA) is 76.4 Å². The molecule has 0 amide bonds. The number of carbonyl (C=O) groups is 2. The van der Waals surface area contributed by atoms with Gasteiger partial charge in [-0.2, -0.15) is 5.26 Å². The van der Waals surface area contributed by atoms with Gasteiger partial charge in [-0.05, 0) is 32.9 Å². The van der Waals surface area contributed by atoms with Gasteiger partial charge in [0.05, 0.1) is 12.2 Å². The molecule has 0 radical (unpaired) electrons. The molecule has 21 heavy (non-hydrogen) atoms. The molecule has 0 heterocycles. The minimum Gasteiger partial charge on any atom is -0.484 e. The molecule has 0 spiro atoms. The first kappa shape index (κ1) is 17.0. The predicted octanol–water partition coefficient (Wildman–Crippen LogP) is 2.75. The summed E-state index contributed by atoms with van der Waals surface area (Å²) in [4.78, 5) is 23.8. The molecule has 6 heteroatoms. The van der Waals surface area contributed by atoms with E-state index in [1.54, 1.807) is 13.0 Å². The third-order valence-electron chi connectivity index (χ3n) is 2.91.